The van der Waals surface area contributed by atoms with Gasteiger partial charge in [0.25, 0.3) is 0 Å². The van der Waals surface area contributed by atoms with Crippen molar-refractivity contribution in [1.82, 2.24) is 10.2 Å². The summed E-state index contributed by atoms with van der Waals surface area (Å²) in [7, 11) is 0. The number of amides is 2. The van der Waals surface area contributed by atoms with Gasteiger partial charge < -0.3 is 4.90 Å². The highest BCUT2D eigenvalue weighted by Gasteiger charge is 2.62. The molecular weight excluding hydrogens is 202 g/mol. The number of carbonyl (C=O) groups excluding carboxylic acids is 1. The molecule has 90 valence electrons. The van der Waals surface area contributed by atoms with Gasteiger partial charge in [-0.15, -0.1) is 0 Å². The second kappa shape index (κ2) is 3.22. The van der Waals surface area contributed by atoms with E-state index in [1.807, 2.05) is 11.8 Å². The Bertz CT molecular complexity index is 346. The van der Waals surface area contributed by atoms with Gasteiger partial charge in [0.05, 0.1) is 0 Å². The van der Waals surface area contributed by atoms with Crippen molar-refractivity contribution in [2.75, 3.05) is 6.54 Å². The maximum absolute atomic E-state index is 11.9. The van der Waals surface area contributed by atoms with Gasteiger partial charge in [0, 0.05) is 6.54 Å². The van der Waals surface area contributed by atoms with Crippen LogP contribution in [0.4, 0.5) is 4.79 Å². The Balaban J connectivity index is 2.32. The summed E-state index contributed by atoms with van der Waals surface area (Å²) in [5.41, 5.74) is -0.327. The lowest BCUT2D eigenvalue weighted by Crippen LogP contribution is -2.54. The van der Waals surface area contributed by atoms with Gasteiger partial charge in [0.1, 0.15) is 11.4 Å². The number of hydrogen-bond acceptors (Lipinski definition) is 2. The molecule has 0 spiro atoms. The molecule has 0 aromatic heterocycles. The molecule has 0 aromatic rings. The minimum atomic E-state index is -0.422. The van der Waals surface area contributed by atoms with E-state index in [1.54, 1.807) is 0 Å². The maximum atomic E-state index is 11.9. The van der Waals surface area contributed by atoms with Crippen LogP contribution in [0.25, 0.3) is 0 Å². The fourth-order valence-electron chi connectivity index (χ4n) is 2.57. The van der Waals surface area contributed by atoms with Crippen LogP contribution in [0.5, 0.6) is 0 Å². The van der Waals surface area contributed by atoms with Crippen LogP contribution in [0.2, 0.25) is 0 Å². The Morgan fingerprint density at radius 2 is 2.00 bits per heavy atom. The van der Waals surface area contributed by atoms with Gasteiger partial charge in [0.2, 0.25) is 0 Å². The van der Waals surface area contributed by atoms with Crippen LogP contribution < -0.4 is 5.32 Å². The predicted molar refractivity (Wildman–Crippen MR) is 63.5 cm³/mol. The number of hydrogen-bond donors (Lipinski definition) is 2. The van der Waals surface area contributed by atoms with E-state index in [1.165, 1.54) is 0 Å². The SMILES string of the molecule is CC(C)CN1C(=O)NC(=N)C1(C)C1(C)CC1. The largest absolute Gasteiger partial charge is 0.323 e. The molecule has 1 atom stereocenters. The number of nitrogens with one attached hydrogen (secondary N) is 2. The summed E-state index contributed by atoms with van der Waals surface area (Å²) in [4.78, 5) is 13.7. The Labute approximate surface area is 96.9 Å². The standard InChI is InChI=1S/C12H21N3O/c1-8(2)7-15-10(16)14-9(13)12(15,4)11(3)5-6-11/h8H,5-7H2,1-4H3,(H2,13,14,16). The van der Waals surface area contributed by atoms with E-state index in [0.29, 0.717) is 11.8 Å². The first-order chi connectivity index (χ1) is 7.31. The van der Waals surface area contributed by atoms with E-state index >= 15 is 0 Å². The summed E-state index contributed by atoms with van der Waals surface area (Å²) in [6.07, 6.45) is 2.21. The predicted octanol–water partition coefficient (Wildman–Crippen LogP) is 2.20. The van der Waals surface area contributed by atoms with Crippen LogP contribution in [0.15, 0.2) is 0 Å². The molecule has 1 saturated heterocycles. The molecule has 2 aliphatic rings. The topological polar surface area (TPSA) is 56.2 Å². The van der Waals surface area contributed by atoms with E-state index in [4.69, 9.17) is 5.41 Å². The Hall–Kier alpha value is -1.06. The molecule has 2 N–H and O–H groups in total. The summed E-state index contributed by atoms with van der Waals surface area (Å²) in [6.45, 7) is 9.13. The summed E-state index contributed by atoms with van der Waals surface area (Å²) < 4.78 is 0. The molecule has 1 aliphatic carbocycles. The summed E-state index contributed by atoms with van der Waals surface area (Å²) >= 11 is 0. The molecule has 0 bridgehead atoms. The fourth-order valence-corrected chi connectivity index (χ4v) is 2.57. The number of nitrogens with zero attached hydrogens (tertiary/aromatic N) is 1. The lowest BCUT2D eigenvalue weighted by atomic mass is 9.82. The third kappa shape index (κ3) is 1.35. The van der Waals surface area contributed by atoms with E-state index in [9.17, 15) is 4.79 Å². The van der Waals surface area contributed by atoms with E-state index in [0.717, 1.165) is 19.4 Å². The molecule has 0 aromatic carbocycles. The van der Waals surface area contributed by atoms with Gasteiger partial charge in [0.15, 0.2) is 0 Å². The van der Waals surface area contributed by atoms with Crippen LogP contribution in [0.3, 0.4) is 0 Å². The molecule has 16 heavy (non-hydrogen) atoms. The average Bonchev–Trinajstić information content (AvgIpc) is 2.87. The second-order valence-electron chi connectivity index (χ2n) is 5.94. The zero-order valence-electron chi connectivity index (χ0n) is 10.6. The summed E-state index contributed by atoms with van der Waals surface area (Å²) in [5.74, 6) is 0.802. The van der Waals surface area contributed by atoms with Crippen molar-refractivity contribution in [1.29, 1.82) is 5.41 Å². The van der Waals surface area contributed by atoms with Crippen molar-refractivity contribution in [3.05, 3.63) is 0 Å². The Morgan fingerprint density at radius 1 is 1.44 bits per heavy atom. The molecule has 2 fully saturated rings. The first-order valence-electron chi connectivity index (χ1n) is 5.99. The zero-order valence-corrected chi connectivity index (χ0v) is 10.6. The molecule has 1 aliphatic heterocycles. The zero-order chi connectivity index (χ0) is 12.1. The first kappa shape index (κ1) is 11.4. The van der Waals surface area contributed by atoms with Crippen LogP contribution in [0, 0.1) is 16.7 Å². The van der Waals surface area contributed by atoms with Gasteiger partial charge in [-0.05, 0) is 31.1 Å². The van der Waals surface area contributed by atoms with Crippen molar-refractivity contribution in [3.63, 3.8) is 0 Å². The number of urea groups is 1. The molecule has 1 saturated carbocycles. The summed E-state index contributed by atoms with van der Waals surface area (Å²) in [5, 5.41) is 10.7. The number of amidine groups is 1. The molecule has 0 radical (unpaired) electrons. The summed E-state index contributed by atoms with van der Waals surface area (Å²) in [6, 6.07) is -0.102. The highest BCUT2D eigenvalue weighted by Crippen LogP contribution is 2.57. The molecule has 2 rings (SSSR count). The fraction of sp³-hybridized carbons (Fsp3) is 0.833. The molecular formula is C12H21N3O. The van der Waals surface area contributed by atoms with Crippen LogP contribution in [-0.4, -0.2) is 28.9 Å². The van der Waals surface area contributed by atoms with E-state index in [-0.39, 0.29) is 11.4 Å². The first-order valence-corrected chi connectivity index (χ1v) is 5.99. The Morgan fingerprint density at radius 3 is 2.44 bits per heavy atom. The highest BCUT2D eigenvalue weighted by atomic mass is 16.2. The van der Waals surface area contributed by atoms with Crippen molar-refractivity contribution in [2.45, 2.75) is 46.1 Å². The number of carbonyl (C=O) groups is 1. The molecule has 4 nitrogen and oxygen atoms in total. The van der Waals surface area contributed by atoms with E-state index in [2.05, 4.69) is 26.1 Å². The third-order valence-corrected chi connectivity index (χ3v) is 4.23. The third-order valence-electron chi connectivity index (χ3n) is 4.23. The smallest absolute Gasteiger partial charge is 0.311 e. The van der Waals surface area contributed by atoms with Crippen molar-refractivity contribution in [2.24, 2.45) is 11.3 Å². The molecule has 2 amide bonds. The van der Waals surface area contributed by atoms with Crippen molar-refractivity contribution < 1.29 is 4.79 Å². The molecule has 1 unspecified atom stereocenters. The Kier molecular flexibility index (Phi) is 2.30. The minimum Gasteiger partial charge on any atom is -0.311 e. The lowest BCUT2D eigenvalue weighted by Gasteiger charge is -2.39. The van der Waals surface area contributed by atoms with Crippen molar-refractivity contribution >= 4 is 11.9 Å². The average molecular weight is 223 g/mol. The monoisotopic (exact) mass is 223 g/mol. The van der Waals surface area contributed by atoms with Crippen LogP contribution in [-0.2, 0) is 0 Å². The molecule has 1 heterocycles. The molecule has 4 heteroatoms. The maximum Gasteiger partial charge on any atom is 0.323 e. The van der Waals surface area contributed by atoms with Crippen LogP contribution >= 0.6 is 0 Å². The minimum absolute atomic E-state index is 0.0954. The highest BCUT2D eigenvalue weighted by molar-refractivity contribution is 6.09. The number of rotatable bonds is 3. The van der Waals surface area contributed by atoms with Crippen molar-refractivity contribution in [3.8, 4) is 0 Å². The van der Waals surface area contributed by atoms with Crippen LogP contribution in [0.1, 0.15) is 40.5 Å². The van der Waals surface area contributed by atoms with Gasteiger partial charge in [-0.25, -0.2) is 4.79 Å². The lowest BCUT2D eigenvalue weighted by molar-refractivity contribution is 0.129. The second-order valence-corrected chi connectivity index (χ2v) is 5.94. The quantitative estimate of drug-likeness (QED) is 0.757. The normalized spacial score (nSPS) is 32.2. The van der Waals surface area contributed by atoms with Gasteiger partial charge in [-0.3, -0.25) is 10.7 Å². The van der Waals surface area contributed by atoms with Gasteiger partial charge in [-0.2, -0.15) is 0 Å². The van der Waals surface area contributed by atoms with E-state index < -0.39 is 5.54 Å². The van der Waals surface area contributed by atoms with Gasteiger partial charge >= 0.3 is 6.03 Å². The van der Waals surface area contributed by atoms with Gasteiger partial charge in [-0.1, -0.05) is 20.8 Å².